The van der Waals surface area contributed by atoms with E-state index >= 15 is 0 Å². The molecular formula is C13H24N2O. The minimum absolute atomic E-state index is 0.267. The van der Waals surface area contributed by atoms with Gasteiger partial charge in [0.15, 0.2) is 0 Å². The van der Waals surface area contributed by atoms with E-state index in [2.05, 4.69) is 5.32 Å². The van der Waals surface area contributed by atoms with Gasteiger partial charge < -0.3 is 11.1 Å². The SMILES string of the molecule is NCC1CCC(C(=O)NC2CCCC2)CC1. The van der Waals surface area contributed by atoms with Gasteiger partial charge in [0, 0.05) is 12.0 Å². The lowest BCUT2D eigenvalue weighted by Crippen LogP contribution is -2.39. The molecule has 0 aliphatic heterocycles. The summed E-state index contributed by atoms with van der Waals surface area (Å²) in [5, 5.41) is 3.21. The van der Waals surface area contributed by atoms with Crippen molar-refractivity contribution in [3.8, 4) is 0 Å². The summed E-state index contributed by atoms with van der Waals surface area (Å²) in [6.07, 6.45) is 9.29. The number of hydrogen-bond acceptors (Lipinski definition) is 2. The molecule has 0 bridgehead atoms. The van der Waals surface area contributed by atoms with Gasteiger partial charge in [-0.25, -0.2) is 0 Å². The summed E-state index contributed by atoms with van der Waals surface area (Å²) in [6.45, 7) is 0.789. The van der Waals surface area contributed by atoms with Crippen LogP contribution in [0.4, 0.5) is 0 Å². The van der Waals surface area contributed by atoms with Crippen LogP contribution in [0.15, 0.2) is 0 Å². The Bertz CT molecular complexity index is 228. The second-order valence-electron chi connectivity index (χ2n) is 5.44. The van der Waals surface area contributed by atoms with Gasteiger partial charge in [-0.05, 0) is 51.0 Å². The lowest BCUT2D eigenvalue weighted by atomic mass is 9.81. The Kier molecular flexibility index (Phi) is 4.22. The van der Waals surface area contributed by atoms with Crippen LogP contribution < -0.4 is 11.1 Å². The Morgan fingerprint density at radius 1 is 1.06 bits per heavy atom. The smallest absolute Gasteiger partial charge is 0.223 e. The molecule has 3 N–H and O–H groups in total. The number of nitrogens with two attached hydrogens (primary N) is 1. The zero-order valence-corrected chi connectivity index (χ0v) is 10.1. The third kappa shape index (κ3) is 2.97. The van der Waals surface area contributed by atoms with Gasteiger partial charge in [-0.15, -0.1) is 0 Å². The molecule has 92 valence electrons. The molecule has 0 aromatic carbocycles. The number of hydrogen-bond donors (Lipinski definition) is 2. The topological polar surface area (TPSA) is 55.1 Å². The molecule has 0 aromatic rings. The minimum Gasteiger partial charge on any atom is -0.353 e. The van der Waals surface area contributed by atoms with Gasteiger partial charge in [0.05, 0.1) is 0 Å². The van der Waals surface area contributed by atoms with E-state index in [1.807, 2.05) is 0 Å². The van der Waals surface area contributed by atoms with Crippen molar-refractivity contribution >= 4 is 5.91 Å². The van der Waals surface area contributed by atoms with Gasteiger partial charge in [-0.3, -0.25) is 4.79 Å². The summed E-state index contributed by atoms with van der Waals surface area (Å²) >= 11 is 0. The number of carbonyl (C=O) groups is 1. The molecule has 2 aliphatic carbocycles. The van der Waals surface area contributed by atoms with Gasteiger partial charge in [-0.2, -0.15) is 0 Å². The van der Waals surface area contributed by atoms with Crippen LogP contribution in [0.2, 0.25) is 0 Å². The molecule has 1 amide bonds. The first kappa shape index (κ1) is 11.9. The maximum atomic E-state index is 12.0. The second kappa shape index (κ2) is 5.67. The molecule has 16 heavy (non-hydrogen) atoms. The van der Waals surface area contributed by atoms with Crippen molar-refractivity contribution in [2.24, 2.45) is 17.6 Å². The monoisotopic (exact) mass is 224 g/mol. The summed E-state index contributed by atoms with van der Waals surface area (Å²) < 4.78 is 0. The van der Waals surface area contributed by atoms with E-state index in [9.17, 15) is 4.79 Å². The van der Waals surface area contributed by atoms with Crippen LogP contribution in [0.1, 0.15) is 51.4 Å². The van der Waals surface area contributed by atoms with Crippen LogP contribution in [-0.2, 0) is 4.79 Å². The molecule has 2 saturated carbocycles. The molecule has 2 aliphatic rings. The Labute approximate surface area is 98.2 Å². The molecule has 0 radical (unpaired) electrons. The van der Waals surface area contributed by atoms with E-state index in [4.69, 9.17) is 5.73 Å². The van der Waals surface area contributed by atoms with Crippen LogP contribution in [0, 0.1) is 11.8 Å². The molecule has 0 spiro atoms. The van der Waals surface area contributed by atoms with Gasteiger partial charge in [0.25, 0.3) is 0 Å². The average Bonchev–Trinajstić information content (AvgIpc) is 2.82. The van der Waals surface area contributed by atoms with Crippen LogP contribution in [0.5, 0.6) is 0 Å². The number of nitrogens with one attached hydrogen (secondary N) is 1. The van der Waals surface area contributed by atoms with Crippen LogP contribution in [0.25, 0.3) is 0 Å². The van der Waals surface area contributed by atoms with Crippen molar-refractivity contribution in [2.45, 2.75) is 57.4 Å². The predicted molar refractivity (Wildman–Crippen MR) is 64.9 cm³/mol. The third-order valence-electron chi connectivity index (χ3n) is 4.25. The largest absolute Gasteiger partial charge is 0.353 e. The molecular weight excluding hydrogens is 200 g/mol. The molecule has 3 nitrogen and oxygen atoms in total. The number of amides is 1. The van der Waals surface area contributed by atoms with E-state index < -0.39 is 0 Å². The highest BCUT2D eigenvalue weighted by Crippen LogP contribution is 2.28. The summed E-state index contributed by atoms with van der Waals surface area (Å²) in [7, 11) is 0. The highest BCUT2D eigenvalue weighted by molar-refractivity contribution is 5.79. The molecule has 0 heterocycles. The predicted octanol–water partition coefficient (Wildman–Crippen LogP) is 1.81. The lowest BCUT2D eigenvalue weighted by Gasteiger charge is -2.27. The van der Waals surface area contributed by atoms with Crippen molar-refractivity contribution < 1.29 is 4.79 Å². The Balaban J connectivity index is 1.73. The Hall–Kier alpha value is -0.570. The molecule has 0 saturated heterocycles. The van der Waals surface area contributed by atoms with Crippen molar-refractivity contribution in [1.29, 1.82) is 0 Å². The zero-order chi connectivity index (χ0) is 11.4. The third-order valence-corrected chi connectivity index (χ3v) is 4.25. The first-order valence-corrected chi connectivity index (χ1v) is 6.80. The summed E-state index contributed by atoms with van der Waals surface area (Å²) in [6, 6.07) is 0.472. The van der Waals surface area contributed by atoms with Crippen LogP contribution >= 0.6 is 0 Å². The molecule has 0 aromatic heterocycles. The summed E-state index contributed by atoms with van der Waals surface area (Å²) in [4.78, 5) is 12.0. The first-order chi connectivity index (χ1) is 7.79. The molecule has 3 heteroatoms. The molecule has 0 atom stereocenters. The van der Waals surface area contributed by atoms with Gasteiger partial charge in [0.2, 0.25) is 5.91 Å². The fourth-order valence-corrected chi connectivity index (χ4v) is 3.05. The van der Waals surface area contributed by atoms with Crippen molar-refractivity contribution in [3.05, 3.63) is 0 Å². The highest BCUT2D eigenvalue weighted by Gasteiger charge is 2.27. The quantitative estimate of drug-likeness (QED) is 0.768. The fraction of sp³-hybridized carbons (Fsp3) is 0.923. The average molecular weight is 224 g/mol. The van der Waals surface area contributed by atoms with Gasteiger partial charge in [-0.1, -0.05) is 12.8 Å². The Morgan fingerprint density at radius 3 is 2.25 bits per heavy atom. The van der Waals surface area contributed by atoms with Crippen molar-refractivity contribution in [3.63, 3.8) is 0 Å². The van der Waals surface area contributed by atoms with Crippen molar-refractivity contribution in [1.82, 2.24) is 5.32 Å². The van der Waals surface area contributed by atoms with E-state index in [1.54, 1.807) is 0 Å². The highest BCUT2D eigenvalue weighted by atomic mass is 16.1. The van der Waals surface area contributed by atoms with Crippen molar-refractivity contribution in [2.75, 3.05) is 6.54 Å². The normalized spacial score (nSPS) is 31.6. The molecule has 0 unspecified atom stereocenters. The second-order valence-corrected chi connectivity index (χ2v) is 5.44. The standard InChI is InChI=1S/C13H24N2O/c14-9-10-5-7-11(8-6-10)13(16)15-12-3-1-2-4-12/h10-12H,1-9,14H2,(H,15,16). The van der Waals surface area contributed by atoms with Crippen LogP contribution in [-0.4, -0.2) is 18.5 Å². The van der Waals surface area contributed by atoms with Gasteiger partial charge >= 0.3 is 0 Å². The fourth-order valence-electron chi connectivity index (χ4n) is 3.05. The van der Waals surface area contributed by atoms with E-state index in [0.717, 1.165) is 32.2 Å². The van der Waals surface area contributed by atoms with Gasteiger partial charge in [0.1, 0.15) is 0 Å². The zero-order valence-electron chi connectivity index (χ0n) is 10.1. The van der Waals surface area contributed by atoms with E-state index in [1.165, 1.54) is 25.7 Å². The number of rotatable bonds is 3. The van der Waals surface area contributed by atoms with E-state index in [-0.39, 0.29) is 5.92 Å². The Morgan fingerprint density at radius 2 is 1.69 bits per heavy atom. The van der Waals surface area contributed by atoms with E-state index in [0.29, 0.717) is 17.9 Å². The maximum absolute atomic E-state index is 12.0. The molecule has 2 rings (SSSR count). The minimum atomic E-state index is 0.267. The lowest BCUT2D eigenvalue weighted by molar-refractivity contribution is -0.126. The first-order valence-electron chi connectivity index (χ1n) is 6.80. The summed E-state index contributed by atoms with van der Waals surface area (Å²) in [5.41, 5.74) is 5.66. The maximum Gasteiger partial charge on any atom is 0.223 e. The summed E-state index contributed by atoms with van der Waals surface area (Å²) in [5.74, 6) is 1.24. The number of carbonyl (C=O) groups excluding carboxylic acids is 1. The van der Waals surface area contributed by atoms with Crippen LogP contribution in [0.3, 0.4) is 0 Å². The molecule has 2 fully saturated rings.